The zero-order valence-electron chi connectivity index (χ0n) is 11.5. The van der Waals surface area contributed by atoms with Crippen molar-refractivity contribution >= 4 is 17.5 Å². The molecule has 0 radical (unpaired) electrons. The monoisotopic (exact) mass is 278 g/mol. The number of amides is 2. The lowest BCUT2D eigenvalue weighted by Crippen LogP contribution is -2.25. The molecule has 0 fully saturated rings. The molecule has 0 aliphatic carbocycles. The fourth-order valence-electron chi connectivity index (χ4n) is 2.02. The average molecular weight is 278 g/mol. The van der Waals surface area contributed by atoms with Gasteiger partial charge in [0.05, 0.1) is 23.8 Å². The summed E-state index contributed by atoms with van der Waals surface area (Å²) in [5.41, 5.74) is 1.50. The van der Waals surface area contributed by atoms with Gasteiger partial charge >= 0.3 is 0 Å². The maximum absolute atomic E-state index is 11.8. The molecule has 1 aromatic rings. The molecular weight excluding hydrogens is 260 g/mol. The van der Waals surface area contributed by atoms with Gasteiger partial charge in [0.15, 0.2) is 0 Å². The van der Waals surface area contributed by atoms with Crippen LogP contribution in [0.5, 0.6) is 0 Å². The molecule has 20 heavy (non-hydrogen) atoms. The number of benzene rings is 1. The number of hydrogen-bond acceptors (Lipinski definition) is 5. The van der Waals surface area contributed by atoms with Crippen LogP contribution in [0.25, 0.3) is 0 Å². The number of ether oxygens (including phenoxy) is 1. The summed E-state index contributed by atoms with van der Waals surface area (Å²) < 4.78 is 5.11. The van der Waals surface area contributed by atoms with Crippen LogP contribution in [-0.2, 0) is 4.74 Å². The van der Waals surface area contributed by atoms with E-state index in [-0.39, 0.29) is 18.4 Å². The lowest BCUT2D eigenvalue weighted by Gasteiger charge is -2.13. The normalized spacial score (nSPS) is 15.4. The number of nitrogens with zero attached hydrogens (tertiary/aromatic N) is 1. The largest absolute Gasteiger partial charge is 0.389 e. The van der Waals surface area contributed by atoms with E-state index in [4.69, 9.17) is 4.74 Å². The molecule has 1 atom stereocenters. The second kappa shape index (κ2) is 6.02. The lowest BCUT2D eigenvalue weighted by atomic mass is 10.1. The number of aliphatic hydroxyl groups excluding tert-OH is 1. The minimum atomic E-state index is -0.622. The van der Waals surface area contributed by atoms with Crippen LogP contribution >= 0.6 is 0 Å². The van der Waals surface area contributed by atoms with Crippen molar-refractivity contribution in [2.75, 3.05) is 32.1 Å². The van der Waals surface area contributed by atoms with Gasteiger partial charge in [-0.1, -0.05) is 0 Å². The third-order valence-corrected chi connectivity index (χ3v) is 3.15. The number of fused-ring (bicyclic) bond motifs is 1. The zero-order chi connectivity index (χ0) is 14.7. The van der Waals surface area contributed by atoms with Gasteiger partial charge in [-0.2, -0.15) is 0 Å². The summed E-state index contributed by atoms with van der Waals surface area (Å²) in [4.78, 5) is 24.7. The second-order valence-corrected chi connectivity index (χ2v) is 4.62. The van der Waals surface area contributed by atoms with Crippen LogP contribution in [0.3, 0.4) is 0 Å². The Balaban J connectivity index is 2.02. The summed E-state index contributed by atoms with van der Waals surface area (Å²) in [6.07, 6.45) is -0.622. The predicted molar refractivity (Wildman–Crippen MR) is 73.9 cm³/mol. The molecule has 2 N–H and O–H groups in total. The summed E-state index contributed by atoms with van der Waals surface area (Å²) in [5.74, 6) is -0.587. The molecule has 2 rings (SSSR count). The van der Waals surface area contributed by atoms with E-state index in [0.29, 0.717) is 30.0 Å². The van der Waals surface area contributed by atoms with Crippen LogP contribution < -0.4 is 5.32 Å². The number of anilines is 1. The Morgan fingerprint density at radius 3 is 2.70 bits per heavy atom. The SMILES string of the molecule is CCOCC(O)CNc1ccc2c(c1)C(=O)N(C)C2=O. The van der Waals surface area contributed by atoms with Crippen LogP contribution in [0.1, 0.15) is 27.6 Å². The Labute approximate surface area is 117 Å². The van der Waals surface area contributed by atoms with Crippen LogP contribution in [0, 0.1) is 0 Å². The van der Waals surface area contributed by atoms with Crippen molar-refractivity contribution in [3.63, 3.8) is 0 Å². The first-order valence-electron chi connectivity index (χ1n) is 6.50. The molecule has 0 aromatic heterocycles. The van der Waals surface area contributed by atoms with Crippen molar-refractivity contribution in [3.05, 3.63) is 29.3 Å². The molecule has 1 aliphatic heterocycles. The number of nitrogens with one attached hydrogen (secondary N) is 1. The van der Waals surface area contributed by atoms with Gasteiger partial charge in [0.25, 0.3) is 11.8 Å². The van der Waals surface area contributed by atoms with Crippen molar-refractivity contribution < 1.29 is 19.4 Å². The molecule has 0 saturated heterocycles. The Morgan fingerprint density at radius 1 is 1.30 bits per heavy atom. The van der Waals surface area contributed by atoms with E-state index >= 15 is 0 Å². The molecular formula is C14H18N2O4. The maximum atomic E-state index is 11.8. The molecule has 6 nitrogen and oxygen atoms in total. The topological polar surface area (TPSA) is 78.9 Å². The highest BCUT2D eigenvalue weighted by molar-refractivity contribution is 6.21. The van der Waals surface area contributed by atoms with Crippen LogP contribution in [0.2, 0.25) is 0 Å². The molecule has 0 bridgehead atoms. The zero-order valence-corrected chi connectivity index (χ0v) is 11.5. The Hall–Kier alpha value is -1.92. The van der Waals surface area contributed by atoms with Crippen LogP contribution in [-0.4, -0.2) is 54.7 Å². The summed E-state index contributed by atoms with van der Waals surface area (Å²) >= 11 is 0. The third kappa shape index (κ3) is 2.81. The first-order chi connectivity index (χ1) is 9.54. The molecule has 1 unspecified atom stereocenters. The quantitative estimate of drug-likeness (QED) is 0.750. The second-order valence-electron chi connectivity index (χ2n) is 4.62. The molecule has 0 saturated carbocycles. The highest BCUT2D eigenvalue weighted by Gasteiger charge is 2.32. The minimum Gasteiger partial charge on any atom is -0.389 e. The fraction of sp³-hybridized carbons (Fsp3) is 0.429. The standard InChI is InChI=1S/C14H18N2O4/c1-3-20-8-10(17)7-15-9-4-5-11-12(6-9)14(19)16(2)13(11)18/h4-6,10,15,17H,3,7-8H2,1-2H3. The summed E-state index contributed by atoms with van der Waals surface area (Å²) in [5, 5.41) is 12.7. The highest BCUT2D eigenvalue weighted by Crippen LogP contribution is 2.24. The third-order valence-electron chi connectivity index (χ3n) is 3.15. The highest BCUT2D eigenvalue weighted by atomic mass is 16.5. The van der Waals surface area contributed by atoms with E-state index < -0.39 is 6.10 Å². The number of rotatable bonds is 6. The van der Waals surface area contributed by atoms with Gasteiger partial charge in [0.1, 0.15) is 0 Å². The maximum Gasteiger partial charge on any atom is 0.261 e. The van der Waals surface area contributed by atoms with Crippen molar-refractivity contribution in [2.45, 2.75) is 13.0 Å². The average Bonchev–Trinajstić information content (AvgIpc) is 2.67. The molecule has 1 heterocycles. The van der Waals surface area contributed by atoms with Gasteiger partial charge in [-0.25, -0.2) is 0 Å². The van der Waals surface area contributed by atoms with E-state index in [1.54, 1.807) is 18.2 Å². The van der Waals surface area contributed by atoms with Crippen molar-refractivity contribution in [1.29, 1.82) is 0 Å². The number of imide groups is 1. The van der Waals surface area contributed by atoms with Crippen molar-refractivity contribution in [1.82, 2.24) is 4.90 Å². The van der Waals surface area contributed by atoms with Gasteiger partial charge in [-0.05, 0) is 25.1 Å². The Kier molecular flexibility index (Phi) is 4.36. The van der Waals surface area contributed by atoms with Gasteiger partial charge in [0, 0.05) is 25.9 Å². The van der Waals surface area contributed by atoms with E-state index in [1.165, 1.54) is 7.05 Å². The molecule has 1 aromatic carbocycles. The Bertz CT molecular complexity index is 530. The summed E-state index contributed by atoms with van der Waals surface area (Å²) in [7, 11) is 1.46. The van der Waals surface area contributed by atoms with Gasteiger partial charge in [0.2, 0.25) is 0 Å². The van der Waals surface area contributed by atoms with Gasteiger partial charge in [-0.15, -0.1) is 0 Å². The smallest absolute Gasteiger partial charge is 0.261 e. The van der Waals surface area contributed by atoms with E-state index in [9.17, 15) is 14.7 Å². The first kappa shape index (κ1) is 14.5. The van der Waals surface area contributed by atoms with Crippen molar-refractivity contribution in [3.8, 4) is 0 Å². The number of aliphatic hydroxyl groups is 1. The van der Waals surface area contributed by atoms with E-state index in [1.807, 2.05) is 6.92 Å². The molecule has 6 heteroatoms. The lowest BCUT2D eigenvalue weighted by molar-refractivity contribution is 0.0496. The predicted octanol–water partition coefficient (Wildman–Crippen LogP) is 0.722. The van der Waals surface area contributed by atoms with Gasteiger partial charge in [-0.3, -0.25) is 14.5 Å². The number of hydrogen-bond donors (Lipinski definition) is 2. The van der Waals surface area contributed by atoms with Gasteiger partial charge < -0.3 is 15.2 Å². The Morgan fingerprint density at radius 2 is 2.00 bits per heavy atom. The molecule has 1 aliphatic rings. The molecule has 0 spiro atoms. The summed E-state index contributed by atoms with van der Waals surface area (Å²) in [6.45, 7) is 2.99. The summed E-state index contributed by atoms with van der Waals surface area (Å²) in [6, 6.07) is 4.97. The van der Waals surface area contributed by atoms with Crippen molar-refractivity contribution in [2.24, 2.45) is 0 Å². The molecule has 108 valence electrons. The minimum absolute atomic E-state index is 0.259. The number of carbonyl (C=O) groups is 2. The van der Waals surface area contributed by atoms with E-state index in [0.717, 1.165) is 4.90 Å². The van der Waals surface area contributed by atoms with E-state index in [2.05, 4.69) is 5.32 Å². The molecule has 2 amide bonds. The fourth-order valence-corrected chi connectivity index (χ4v) is 2.02. The number of carbonyl (C=O) groups excluding carboxylic acids is 2. The van der Waals surface area contributed by atoms with Crippen LogP contribution in [0.4, 0.5) is 5.69 Å². The first-order valence-corrected chi connectivity index (χ1v) is 6.50. The van der Waals surface area contributed by atoms with Crippen LogP contribution in [0.15, 0.2) is 18.2 Å².